The van der Waals surface area contributed by atoms with E-state index >= 15 is 0 Å². The molecule has 0 spiro atoms. The minimum Gasteiger partial charge on any atom is -0.478 e. The van der Waals surface area contributed by atoms with Gasteiger partial charge in [-0.3, -0.25) is 9.36 Å². The second-order valence-electron chi connectivity index (χ2n) is 5.73. The Hall–Kier alpha value is -2.36. The van der Waals surface area contributed by atoms with Gasteiger partial charge in [0, 0.05) is 18.0 Å². The number of aromatic carboxylic acids is 1. The van der Waals surface area contributed by atoms with E-state index in [1.807, 2.05) is 24.3 Å². The summed E-state index contributed by atoms with van der Waals surface area (Å²) in [5.74, 6) is -1.10. The third kappa shape index (κ3) is 2.79. The van der Waals surface area contributed by atoms with Crippen molar-refractivity contribution >= 4 is 5.97 Å². The van der Waals surface area contributed by atoms with Crippen molar-refractivity contribution in [3.63, 3.8) is 0 Å². The molecule has 4 nitrogen and oxygen atoms in total. The Morgan fingerprint density at radius 1 is 1.10 bits per heavy atom. The fourth-order valence-corrected chi connectivity index (χ4v) is 1.95. The van der Waals surface area contributed by atoms with Crippen LogP contribution in [0.1, 0.15) is 36.7 Å². The van der Waals surface area contributed by atoms with Crippen molar-refractivity contribution in [1.82, 2.24) is 4.57 Å². The average molecular weight is 271 g/mol. The molecule has 1 aromatic heterocycles. The summed E-state index contributed by atoms with van der Waals surface area (Å²) < 4.78 is 1.43. The zero-order valence-electron chi connectivity index (χ0n) is 11.8. The lowest BCUT2D eigenvalue weighted by Crippen LogP contribution is -2.19. The lowest BCUT2D eigenvalue weighted by molar-refractivity contribution is 0.0696. The van der Waals surface area contributed by atoms with Crippen molar-refractivity contribution in [2.75, 3.05) is 0 Å². The van der Waals surface area contributed by atoms with E-state index in [4.69, 9.17) is 5.11 Å². The molecule has 1 N–H and O–H groups in total. The Balaban J connectivity index is 2.42. The van der Waals surface area contributed by atoms with E-state index in [0.29, 0.717) is 0 Å². The topological polar surface area (TPSA) is 59.3 Å². The van der Waals surface area contributed by atoms with Gasteiger partial charge >= 0.3 is 5.97 Å². The standard InChI is InChI=1S/C16H17NO3/c1-16(2,3)12-4-6-13(7-5-12)17-9-8-11(15(19)20)10-14(17)18/h4-10H,1-3H3,(H,19,20). The Kier molecular flexibility index (Phi) is 3.49. The third-order valence-electron chi connectivity index (χ3n) is 3.18. The first-order chi connectivity index (χ1) is 9.29. The van der Waals surface area contributed by atoms with Gasteiger partial charge in [-0.25, -0.2) is 4.79 Å². The van der Waals surface area contributed by atoms with E-state index in [9.17, 15) is 9.59 Å². The molecular formula is C16H17NO3. The molecule has 1 heterocycles. The molecule has 2 rings (SSSR count). The summed E-state index contributed by atoms with van der Waals surface area (Å²) in [6.45, 7) is 6.36. The quantitative estimate of drug-likeness (QED) is 0.913. The normalized spacial score (nSPS) is 11.3. The molecule has 0 unspecified atom stereocenters. The van der Waals surface area contributed by atoms with Crippen LogP contribution in [0.4, 0.5) is 0 Å². The van der Waals surface area contributed by atoms with Crippen LogP contribution in [0.2, 0.25) is 0 Å². The summed E-state index contributed by atoms with van der Waals surface area (Å²) in [4.78, 5) is 22.7. The number of aromatic nitrogens is 1. The lowest BCUT2D eigenvalue weighted by Gasteiger charge is -2.19. The molecule has 0 bridgehead atoms. The molecule has 0 aliphatic heterocycles. The average Bonchev–Trinajstić information content (AvgIpc) is 2.37. The Labute approximate surface area is 117 Å². The third-order valence-corrected chi connectivity index (χ3v) is 3.18. The molecule has 0 atom stereocenters. The lowest BCUT2D eigenvalue weighted by atomic mass is 9.87. The second-order valence-corrected chi connectivity index (χ2v) is 5.73. The molecule has 0 saturated heterocycles. The smallest absolute Gasteiger partial charge is 0.335 e. The predicted molar refractivity (Wildman–Crippen MR) is 77.7 cm³/mol. The minimum atomic E-state index is -1.10. The number of hydrogen-bond acceptors (Lipinski definition) is 2. The summed E-state index contributed by atoms with van der Waals surface area (Å²) in [5.41, 5.74) is 1.60. The summed E-state index contributed by atoms with van der Waals surface area (Å²) in [6.07, 6.45) is 1.48. The maximum Gasteiger partial charge on any atom is 0.335 e. The molecule has 0 aliphatic rings. The predicted octanol–water partition coefficient (Wildman–Crippen LogP) is 2.83. The van der Waals surface area contributed by atoms with Gasteiger partial charge in [0.2, 0.25) is 0 Å². The van der Waals surface area contributed by atoms with Crippen LogP contribution in [-0.4, -0.2) is 15.6 Å². The highest BCUT2D eigenvalue weighted by Gasteiger charge is 2.13. The van der Waals surface area contributed by atoms with Gasteiger partial charge in [0.15, 0.2) is 0 Å². The van der Waals surface area contributed by atoms with Crippen molar-refractivity contribution in [3.05, 3.63) is 64.1 Å². The Morgan fingerprint density at radius 3 is 2.15 bits per heavy atom. The van der Waals surface area contributed by atoms with E-state index in [-0.39, 0.29) is 16.5 Å². The van der Waals surface area contributed by atoms with Gasteiger partial charge < -0.3 is 5.11 Å². The van der Waals surface area contributed by atoms with E-state index in [1.165, 1.54) is 22.4 Å². The van der Waals surface area contributed by atoms with Gasteiger partial charge in [0.25, 0.3) is 5.56 Å². The number of carboxylic acids is 1. The molecule has 0 radical (unpaired) electrons. The maximum absolute atomic E-state index is 11.9. The first-order valence-electron chi connectivity index (χ1n) is 6.36. The van der Waals surface area contributed by atoms with Gasteiger partial charge in [-0.2, -0.15) is 0 Å². The van der Waals surface area contributed by atoms with Crippen molar-refractivity contribution in [2.45, 2.75) is 26.2 Å². The van der Waals surface area contributed by atoms with Gasteiger partial charge in [0.1, 0.15) is 0 Å². The van der Waals surface area contributed by atoms with Crippen molar-refractivity contribution < 1.29 is 9.90 Å². The van der Waals surface area contributed by atoms with E-state index in [1.54, 1.807) is 0 Å². The zero-order valence-corrected chi connectivity index (χ0v) is 11.8. The fourth-order valence-electron chi connectivity index (χ4n) is 1.95. The number of rotatable bonds is 2. The maximum atomic E-state index is 11.9. The summed E-state index contributed by atoms with van der Waals surface area (Å²) in [6, 6.07) is 10.2. The van der Waals surface area contributed by atoms with Crippen molar-refractivity contribution in [3.8, 4) is 5.69 Å². The Morgan fingerprint density at radius 2 is 1.70 bits per heavy atom. The van der Waals surface area contributed by atoms with E-state index in [2.05, 4.69) is 20.8 Å². The highest BCUT2D eigenvalue weighted by Crippen LogP contribution is 2.22. The number of carbonyl (C=O) groups is 1. The summed E-state index contributed by atoms with van der Waals surface area (Å²) in [7, 11) is 0. The highest BCUT2D eigenvalue weighted by atomic mass is 16.4. The number of hydrogen-bond donors (Lipinski definition) is 1. The van der Waals surface area contributed by atoms with Gasteiger partial charge in [-0.05, 0) is 29.2 Å². The van der Waals surface area contributed by atoms with E-state index < -0.39 is 5.97 Å². The molecule has 0 saturated carbocycles. The van der Waals surface area contributed by atoms with Crippen LogP contribution < -0.4 is 5.56 Å². The molecule has 0 amide bonds. The van der Waals surface area contributed by atoms with Crippen LogP contribution in [0.3, 0.4) is 0 Å². The van der Waals surface area contributed by atoms with Crippen LogP contribution in [-0.2, 0) is 5.41 Å². The van der Waals surface area contributed by atoms with Gasteiger partial charge in [-0.15, -0.1) is 0 Å². The van der Waals surface area contributed by atoms with Crippen LogP contribution in [0.25, 0.3) is 5.69 Å². The number of pyridine rings is 1. The first kappa shape index (κ1) is 14.1. The largest absolute Gasteiger partial charge is 0.478 e. The zero-order chi connectivity index (χ0) is 14.9. The van der Waals surface area contributed by atoms with Crippen LogP contribution in [0, 0.1) is 0 Å². The second kappa shape index (κ2) is 4.96. The molecule has 104 valence electrons. The minimum absolute atomic E-state index is 0.00226. The van der Waals surface area contributed by atoms with Gasteiger partial charge in [0.05, 0.1) is 5.56 Å². The first-order valence-corrected chi connectivity index (χ1v) is 6.36. The molecular weight excluding hydrogens is 254 g/mol. The molecule has 4 heteroatoms. The van der Waals surface area contributed by atoms with Crippen molar-refractivity contribution in [1.29, 1.82) is 0 Å². The molecule has 1 aromatic carbocycles. The Bertz CT molecular complexity index is 691. The van der Waals surface area contributed by atoms with Crippen molar-refractivity contribution in [2.24, 2.45) is 0 Å². The summed E-state index contributed by atoms with van der Waals surface area (Å²) in [5, 5.41) is 8.85. The molecule has 0 aliphatic carbocycles. The number of carboxylic acid groups (broad SMARTS) is 1. The fraction of sp³-hybridized carbons (Fsp3) is 0.250. The monoisotopic (exact) mass is 271 g/mol. The van der Waals surface area contributed by atoms with E-state index in [0.717, 1.165) is 11.8 Å². The number of nitrogens with zero attached hydrogens (tertiary/aromatic N) is 1. The molecule has 0 fully saturated rings. The highest BCUT2D eigenvalue weighted by molar-refractivity contribution is 5.87. The molecule has 20 heavy (non-hydrogen) atoms. The number of benzene rings is 1. The van der Waals surface area contributed by atoms with Crippen LogP contribution in [0.5, 0.6) is 0 Å². The summed E-state index contributed by atoms with van der Waals surface area (Å²) >= 11 is 0. The van der Waals surface area contributed by atoms with Gasteiger partial charge in [-0.1, -0.05) is 32.9 Å². The SMILES string of the molecule is CC(C)(C)c1ccc(-n2ccc(C(=O)O)cc2=O)cc1. The van der Waals surface area contributed by atoms with Crippen LogP contribution >= 0.6 is 0 Å². The molecule has 2 aromatic rings. The van der Waals surface area contributed by atoms with Crippen LogP contribution in [0.15, 0.2) is 47.4 Å².